The van der Waals surface area contributed by atoms with Crippen LogP contribution >= 0.6 is 39.1 Å². The highest BCUT2D eigenvalue weighted by Gasteiger charge is 2.05. The van der Waals surface area contributed by atoms with Gasteiger partial charge in [0.1, 0.15) is 17.3 Å². The van der Waals surface area contributed by atoms with E-state index in [1.54, 1.807) is 18.2 Å². The lowest BCUT2D eigenvalue weighted by molar-refractivity contribution is 0.476. The molecule has 2 rings (SSSR count). The predicted octanol–water partition coefficient (Wildman–Crippen LogP) is 5.82. The molecule has 0 saturated heterocycles. The van der Waals surface area contributed by atoms with Crippen molar-refractivity contribution in [3.05, 3.63) is 57.8 Å². The Bertz CT molecular complexity index is 575. The quantitative estimate of drug-likeness (QED) is 0.634. The van der Waals surface area contributed by atoms with Crippen LogP contribution in [-0.4, -0.2) is 0 Å². The van der Waals surface area contributed by atoms with E-state index in [1.807, 2.05) is 6.07 Å². The van der Waals surface area contributed by atoms with Crippen LogP contribution in [0.4, 0.5) is 4.39 Å². The second-order valence-electron chi connectivity index (χ2n) is 3.56. The molecule has 0 aliphatic rings. The molecule has 94 valence electrons. The van der Waals surface area contributed by atoms with Crippen LogP contribution in [0.2, 0.25) is 10.0 Å². The maximum atomic E-state index is 13.2. The van der Waals surface area contributed by atoms with Crippen LogP contribution in [0.5, 0.6) is 11.5 Å². The van der Waals surface area contributed by atoms with Gasteiger partial charge in [-0.15, -0.1) is 0 Å². The lowest BCUT2D eigenvalue weighted by Crippen LogP contribution is -1.87. The third-order valence-electron chi connectivity index (χ3n) is 2.30. The van der Waals surface area contributed by atoms with Gasteiger partial charge in [0.15, 0.2) is 0 Å². The summed E-state index contributed by atoms with van der Waals surface area (Å²) in [6.07, 6.45) is 0. The van der Waals surface area contributed by atoms with Crippen LogP contribution in [0.25, 0.3) is 0 Å². The van der Waals surface area contributed by atoms with Crippen molar-refractivity contribution in [1.82, 2.24) is 0 Å². The van der Waals surface area contributed by atoms with Crippen molar-refractivity contribution < 1.29 is 9.13 Å². The van der Waals surface area contributed by atoms with Crippen molar-refractivity contribution in [2.24, 2.45) is 0 Å². The fourth-order valence-corrected chi connectivity index (χ4v) is 2.38. The zero-order valence-corrected chi connectivity index (χ0v) is 12.2. The molecular formula is C13H8BrCl2FO. The lowest BCUT2D eigenvalue weighted by atomic mass is 10.2. The lowest BCUT2D eigenvalue weighted by Gasteiger charge is -2.08. The minimum Gasteiger partial charge on any atom is -0.457 e. The van der Waals surface area contributed by atoms with Crippen molar-refractivity contribution >= 4 is 39.1 Å². The predicted molar refractivity (Wildman–Crippen MR) is 75.6 cm³/mol. The zero-order valence-electron chi connectivity index (χ0n) is 9.09. The molecule has 0 bridgehead atoms. The highest BCUT2D eigenvalue weighted by atomic mass is 79.9. The smallest absolute Gasteiger partial charge is 0.145 e. The summed E-state index contributed by atoms with van der Waals surface area (Å²) in [6, 6.07) is 9.57. The zero-order chi connectivity index (χ0) is 13.1. The molecule has 0 aliphatic heterocycles. The van der Waals surface area contributed by atoms with Gasteiger partial charge in [-0.25, -0.2) is 4.39 Å². The molecule has 0 spiro atoms. The molecule has 0 heterocycles. The molecule has 0 radical (unpaired) electrons. The van der Waals surface area contributed by atoms with Crippen LogP contribution in [0.1, 0.15) is 5.56 Å². The molecule has 1 nitrogen and oxygen atoms in total. The second kappa shape index (κ2) is 5.91. The van der Waals surface area contributed by atoms with Crippen LogP contribution in [-0.2, 0) is 5.33 Å². The first-order chi connectivity index (χ1) is 8.60. The molecule has 0 saturated carbocycles. The first-order valence-electron chi connectivity index (χ1n) is 5.07. The Morgan fingerprint density at radius 3 is 2.28 bits per heavy atom. The summed E-state index contributed by atoms with van der Waals surface area (Å²) < 4.78 is 18.7. The molecular weight excluding hydrogens is 342 g/mol. The summed E-state index contributed by atoms with van der Waals surface area (Å²) in [5.74, 6) is 0.406. The monoisotopic (exact) mass is 348 g/mol. The largest absolute Gasteiger partial charge is 0.457 e. The topological polar surface area (TPSA) is 9.23 Å². The Kier molecular flexibility index (Phi) is 4.49. The third-order valence-corrected chi connectivity index (χ3v) is 3.56. The molecule has 0 atom stereocenters. The summed E-state index contributed by atoms with van der Waals surface area (Å²) in [4.78, 5) is 0. The van der Waals surface area contributed by atoms with E-state index in [4.69, 9.17) is 27.9 Å². The average Bonchev–Trinajstić information content (AvgIpc) is 2.34. The Balaban J connectivity index is 2.23. The highest BCUT2D eigenvalue weighted by molar-refractivity contribution is 9.08. The fourth-order valence-electron chi connectivity index (χ4n) is 1.38. The van der Waals surface area contributed by atoms with Gasteiger partial charge in [0.25, 0.3) is 0 Å². The van der Waals surface area contributed by atoms with E-state index in [2.05, 4.69) is 15.9 Å². The first-order valence-corrected chi connectivity index (χ1v) is 6.95. The summed E-state index contributed by atoms with van der Waals surface area (Å²) in [5, 5.41) is 1.33. The van der Waals surface area contributed by atoms with Crippen LogP contribution < -0.4 is 4.74 Å². The molecule has 2 aromatic carbocycles. The molecule has 0 fully saturated rings. The van der Waals surface area contributed by atoms with Gasteiger partial charge in [0.2, 0.25) is 0 Å². The van der Waals surface area contributed by atoms with E-state index in [9.17, 15) is 4.39 Å². The minimum absolute atomic E-state index is 0.0648. The standard InChI is InChI=1S/C13H8BrCl2FO/c14-7-8-1-2-9(5-12(8)16)18-10-3-4-11(15)13(17)6-10/h1-6H,7H2. The van der Waals surface area contributed by atoms with E-state index in [1.165, 1.54) is 12.1 Å². The van der Waals surface area contributed by atoms with Gasteiger partial charge in [-0.1, -0.05) is 45.2 Å². The Labute approximate surface area is 123 Å². The van der Waals surface area contributed by atoms with Crippen molar-refractivity contribution in [1.29, 1.82) is 0 Å². The van der Waals surface area contributed by atoms with Gasteiger partial charge in [0.05, 0.1) is 5.02 Å². The third kappa shape index (κ3) is 3.16. The molecule has 0 aliphatic carbocycles. The molecule has 0 N–H and O–H groups in total. The number of hydrogen-bond acceptors (Lipinski definition) is 1. The van der Waals surface area contributed by atoms with Crippen molar-refractivity contribution in [3.8, 4) is 11.5 Å². The molecule has 0 unspecified atom stereocenters. The van der Waals surface area contributed by atoms with E-state index in [0.29, 0.717) is 21.9 Å². The van der Waals surface area contributed by atoms with Crippen molar-refractivity contribution in [2.45, 2.75) is 5.33 Å². The minimum atomic E-state index is -0.516. The molecule has 18 heavy (non-hydrogen) atoms. The molecule has 2 aromatic rings. The van der Waals surface area contributed by atoms with Crippen LogP contribution in [0, 0.1) is 5.82 Å². The van der Waals surface area contributed by atoms with Gasteiger partial charge >= 0.3 is 0 Å². The number of alkyl halides is 1. The Morgan fingerprint density at radius 2 is 1.67 bits per heavy atom. The normalized spacial score (nSPS) is 10.4. The Morgan fingerprint density at radius 1 is 1.00 bits per heavy atom. The highest BCUT2D eigenvalue weighted by Crippen LogP contribution is 2.29. The summed E-state index contributed by atoms with van der Waals surface area (Å²) in [7, 11) is 0. The van der Waals surface area contributed by atoms with E-state index >= 15 is 0 Å². The van der Waals surface area contributed by atoms with Gasteiger partial charge in [-0.3, -0.25) is 0 Å². The van der Waals surface area contributed by atoms with Gasteiger partial charge in [-0.2, -0.15) is 0 Å². The summed E-state index contributed by atoms with van der Waals surface area (Å²) >= 11 is 15.0. The SMILES string of the molecule is Fc1cc(Oc2ccc(CBr)c(Cl)c2)ccc1Cl. The van der Waals surface area contributed by atoms with E-state index < -0.39 is 5.82 Å². The van der Waals surface area contributed by atoms with Crippen LogP contribution in [0.3, 0.4) is 0 Å². The molecule has 0 amide bonds. The van der Waals surface area contributed by atoms with Crippen LogP contribution in [0.15, 0.2) is 36.4 Å². The fraction of sp³-hybridized carbons (Fsp3) is 0.0769. The summed E-state index contributed by atoms with van der Waals surface area (Å²) in [6.45, 7) is 0. The molecule has 0 aromatic heterocycles. The number of benzene rings is 2. The van der Waals surface area contributed by atoms with Crippen molar-refractivity contribution in [3.63, 3.8) is 0 Å². The van der Waals surface area contributed by atoms with Crippen molar-refractivity contribution in [2.75, 3.05) is 0 Å². The number of hydrogen-bond donors (Lipinski definition) is 0. The van der Waals surface area contributed by atoms with Gasteiger partial charge < -0.3 is 4.74 Å². The second-order valence-corrected chi connectivity index (χ2v) is 4.94. The number of ether oxygens (including phenoxy) is 1. The molecule has 5 heteroatoms. The summed E-state index contributed by atoms with van der Waals surface area (Å²) in [5.41, 5.74) is 0.964. The maximum absolute atomic E-state index is 13.2. The first kappa shape index (κ1) is 13.7. The van der Waals surface area contributed by atoms with E-state index in [-0.39, 0.29) is 5.02 Å². The number of rotatable bonds is 3. The maximum Gasteiger partial charge on any atom is 0.145 e. The van der Waals surface area contributed by atoms with Gasteiger partial charge in [-0.05, 0) is 29.8 Å². The average molecular weight is 350 g/mol. The number of halogens is 4. The Hall–Kier alpha value is -0.770. The van der Waals surface area contributed by atoms with Gasteiger partial charge in [0, 0.05) is 16.4 Å². The van der Waals surface area contributed by atoms with E-state index in [0.717, 1.165) is 5.56 Å².